The average molecular weight is 364 g/mol. The van der Waals surface area contributed by atoms with Crippen molar-refractivity contribution < 1.29 is 4.74 Å². The van der Waals surface area contributed by atoms with Gasteiger partial charge < -0.3 is 4.74 Å². The fourth-order valence-corrected chi connectivity index (χ4v) is 2.35. The van der Waals surface area contributed by atoms with Crippen molar-refractivity contribution in [2.24, 2.45) is 0 Å². The molecule has 1 rings (SSSR count). The molecular formula is C10H14BrCl3N2O. The van der Waals surface area contributed by atoms with Gasteiger partial charge in [-0.1, -0.05) is 52.0 Å². The third-order valence-electron chi connectivity index (χ3n) is 2.21. The van der Waals surface area contributed by atoms with E-state index in [-0.39, 0.29) is 17.2 Å². The molecule has 0 aliphatic heterocycles. The molecule has 0 spiro atoms. The van der Waals surface area contributed by atoms with Crippen LogP contribution in [0.2, 0.25) is 15.6 Å². The van der Waals surface area contributed by atoms with E-state index in [1.54, 1.807) is 0 Å². The van der Waals surface area contributed by atoms with E-state index in [1.165, 1.54) is 17.4 Å². The Kier molecular flexibility index (Phi) is 7.87. The van der Waals surface area contributed by atoms with Crippen molar-refractivity contribution >= 4 is 50.7 Å². The molecule has 0 amide bonds. The Balaban J connectivity index is 2.18. The highest BCUT2D eigenvalue weighted by molar-refractivity contribution is 9.09. The van der Waals surface area contributed by atoms with Gasteiger partial charge in [-0.15, -0.1) is 0 Å². The van der Waals surface area contributed by atoms with E-state index in [2.05, 4.69) is 20.9 Å². The molecule has 0 atom stereocenters. The van der Waals surface area contributed by atoms with Crippen molar-refractivity contribution in [3.63, 3.8) is 0 Å². The van der Waals surface area contributed by atoms with E-state index in [0.717, 1.165) is 18.2 Å². The second-order valence-corrected chi connectivity index (χ2v) is 5.38. The summed E-state index contributed by atoms with van der Waals surface area (Å²) in [4.78, 5) is 3.83. The zero-order valence-electron chi connectivity index (χ0n) is 9.26. The third-order valence-corrected chi connectivity index (χ3v) is 3.81. The predicted octanol–water partition coefficient (Wildman–Crippen LogP) is 4.77. The van der Waals surface area contributed by atoms with Crippen LogP contribution < -0.4 is 0 Å². The molecule has 0 saturated heterocycles. The largest absolute Gasteiger partial charge is 0.361 e. The van der Waals surface area contributed by atoms with E-state index >= 15 is 0 Å². The smallest absolute Gasteiger partial charge is 0.207 e. The van der Waals surface area contributed by atoms with Crippen LogP contribution in [-0.2, 0) is 11.5 Å². The number of aromatic nitrogens is 2. The van der Waals surface area contributed by atoms with E-state index in [4.69, 9.17) is 39.5 Å². The highest BCUT2D eigenvalue weighted by Crippen LogP contribution is 2.25. The van der Waals surface area contributed by atoms with Crippen LogP contribution in [0.25, 0.3) is 0 Å². The van der Waals surface area contributed by atoms with Gasteiger partial charge in [0.1, 0.15) is 6.73 Å². The summed E-state index contributed by atoms with van der Waals surface area (Å²) < 4.78 is 6.99. The van der Waals surface area contributed by atoms with Gasteiger partial charge in [-0.05, 0) is 24.4 Å². The molecule has 0 unspecified atom stereocenters. The van der Waals surface area contributed by atoms with Crippen LogP contribution in [0.15, 0.2) is 0 Å². The van der Waals surface area contributed by atoms with Crippen molar-refractivity contribution in [3.05, 3.63) is 15.6 Å². The Morgan fingerprint density at radius 1 is 1.12 bits per heavy atom. The summed E-state index contributed by atoms with van der Waals surface area (Å²) in [7, 11) is 0. The summed E-state index contributed by atoms with van der Waals surface area (Å²) in [6.07, 6.45) is 4.62. The number of imidazole rings is 1. The lowest BCUT2D eigenvalue weighted by Crippen LogP contribution is -2.04. The SMILES string of the molecule is Clc1nc(Cl)n(COCCCCCCBr)c1Cl. The summed E-state index contributed by atoms with van der Waals surface area (Å²) >= 11 is 20.8. The van der Waals surface area contributed by atoms with Crippen molar-refractivity contribution in [2.45, 2.75) is 32.4 Å². The summed E-state index contributed by atoms with van der Waals surface area (Å²) in [6.45, 7) is 0.973. The molecule has 1 aromatic rings. The van der Waals surface area contributed by atoms with E-state index in [1.807, 2.05) is 0 Å². The summed E-state index contributed by atoms with van der Waals surface area (Å²) in [5.41, 5.74) is 0. The molecule has 0 aliphatic carbocycles. The van der Waals surface area contributed by atoms with Gasteiger partial charge >= 0.3 is 0 Å². The van der Waals surface area contributed by atoms with Gasteiger partial charge in [0.15, 0.2) is 10.3 Å². The Hall–Kier alpha value is 0.520. The van der Waals surface area contributed by atoms with Gasteiger partial charge in [0.25, 0.3) is 0 Å². The minimum absolute atomic E-state index is 0.206. The lowest BCUT2D eigenvalue weighted by molar-refractivity contribution is 0.0742. The first-order valence-corrected chi connectivity index (χ1v) is 7.63. The number of nitrogens with zero attached hydrogens (tertiary/aromatic N) is 2. The van der Waals surface area contributed by atoms with Crippen molar-refractivity contribution in [1.82, 2.24) is 9.55 Å². The monoisotopic (exact) mass is 362 g/mol. The first-order valence-electron chi connectivity index (χ1n) is 5.37. The number of halogens is 4. The maximum atomic E-state index is 5.89. The number of ether oxygens (including phenoxy) is 1. The van der Waals surface area contributed by atoms with Gasteiger partial charge in [-0.2, -0.15) is 0 Å². The topological polar surface area (TPSA) is 27.1 Å². The molecular weight excluding hydrogens is 350 g/mol. The Morgan fingerprint density at radius 2 is 1.82 bits per heavy atom. The lowest BCUT2D eigenvalue weighted by Gasteiger charge is -2.06. The molecule has 0 aromatic carbocycles. The summed E-state index contributed by atoms with van der Waals surface area (Å²) in [5.74, 6) is 0. The molecule has 7 heteroatoms. The summed E-state index contributed by atoms with van der Waals surface area (Å²) in [5, 5.41) is 1.83. The van der Waals surface area contributed by atoms with Crippen LogP contribution >= 0.6 is 50.7 Å². The lowest BCUT2D eigenvalue weighted by atomic mass is 10.2. The van der Waals surface area contributed by atoms with Crippen LogP contribution in [-0.4, -0.2) is 21.5 Å². The Bertz CT molecular complexity index is 347. The first kappa shape index (κ1) is 15.6. The third kappa shape index (κ3) is 5.35. The molecule has 3 nitrogen and oxygen atoms in total. The molecule has 98 valence electrons. The van der Waals surface area contributed by atoms with Crippen LogP contribution in [0.1, 0.15) is 25.7 Å². The second-order valence-electron chi connectivity index (χ2n) is 3.53. The molecule has 17 heavy (non-hydrogen) atoms. The molecule has 1 aromatic heterocycles. The molecule has 0 saturated carbocycles. The van der Waals surface area contributed by atoms with Gasteiger partial charge in [0, 0.05) is 11.9 Å². The first-order chi connectivity index (χ1) is 8.16. The molecule has 0 N–H and O–H groups in total. The van der Waals surface area contributed by atoms with E-state index in [0.29, 0.717) is 11.8 Å². The van der Waals surface area contributed by atoms with Crippen LogP contribution in [0, 0.1) is 0 Å². The fraction of sp³-hybridized carbons (Fsp3) is 0.700. The molecule has 0 radical (unpaired) electrons. The van der Waals surface area contributed by atoms with E-state index < -0.39 is 0 Å². The van der Waals surface area contributed by atoms with Crippen LogP contribution in [0.3, 0.4) is 0 Å². The highest BCUT2D eigenvalue weighted by Gasteiger charge is 2.11. The number of alkyl halides is 1. The number of rotatable bonds is 8. The average Bonchev–Trinajstić information content (AvgIpc) is 2.54. The quantitative estimate of drug-likeness (QED) is 0.491. The van der Waals surface area contributed by atoms with Crippen molar-refractivity contribution in [2.75, 3.05) is 11.9 Å². The minimum Gasteiger partial charge on any atom is -0.361 e. The van der Waals surface area contributed by atoms with Crippen LogP contribution in [0.5, 0.6) is 0 Å². The molecule has 0 aliphatic rings. The molecule has 0 fully saturated rings. The minimum atomic E-state index is 0.206. The second kappa shape index (κ2) is 8.59. The molecule has 0 bridgehead atoms. The van der Waals surface area contributed by atoms with E-state index in [9.17, 15) is 0 Å². The Labute approximate surface area is 125 Å². The normalized spacial score (nSPS) is 11.1. The van der Waals surface area contributed by atoms with Crippen LogP contribution in [0.4, 0.5) is 0 Å². The van der Waals surface area contributed by atoms with Crippen molar-refractivity contribution in [3.8, 4) is 0 Å². The maximum absolute atomic E-state index is 5.89. The van der Waals surface area contributed by atoms with Gasteiger partial charge in [0.2, 0.25) is 5.28 Å². The standard InChI is InChI=1S/C10H14BrCl3N2O/c11-5-3-1-2-4-6-17-7-16-9(13)8(12)15-10(16)14/h1-7H2. The number of hydrogen-bond acceptors (Lipinski definition) is 2. The highest BCUT2D eigenvalue weighted by atomic mass is 79.9. The van der Waals surface area contributed by atoms with Crippen molar-refractivity contribution in [1.29, 1.82) is 0 Å². The maximum Gasteiger partial charge on any atom is 0.207 e. The fourth-order valence-electron chi connectivity index (χ4n) is 1.30. The number of hydrogen-bond donors (Lipinski definition) is 0. The molecule has 1 heterocycles. The Morgan fingerprint density at radius 3 is 2.41 bits per heavy atom. The van der Waals surface area contributed by atoms with Gasteiger partial charge in [0.05, 0.1) is 0 Å². The predicted molar refractivity (Wildman–Crippen MR) is 75.5 cm³/mol. The zero-order valence-corrected chi connectivity index (χ0v) is 13.1. The number of unbranched alkanes of at least 4 members (excludes halogenated alkanes) is 3. The van der Waals surface area contributed by atoms with Gasteiger partial charge in [-0.25, -0.2) is 4.98 Å². The summed E-state index contributed by atoms with van der Waals surface area (Å²) in [6, 6.07) is 0. The zero-order chi connectivity index (χ0) is 12.7. The van der Waals surface area contributed by atoms with Gasteiger partial charge in [-0.3, -0.25) is 4.57 Å².